The molecule has 1 fully saturated rings. The Kier molecular flexibility index (Phi) is 5.03. The van der Waals surface area contributed by atoms with Gasteiger partial charge < -0.3 is 20.0 Å². The number of benzene rings is 1. The van der Waals surface area contributed by atoms with Crippen LogP contribution in [0.15, 0.2) is 45.9 Å². The van der Waals surface area contributed by atoms with E-state index in [2.05, 4.69) is 14.9 Å². The fourth-order valence-electron chi connectivity index (χ4n) is 3.63. The molecule has 2 amide bonds. The molecule has 29 heavy (non-hydrogen) atoms. The van der Waals surface area contributed by atoms with Crippen LogP contribution in [0.25, 0.3) is 11.1 Å². The van der Waals surface area contributed by atoms with Crippen molar-refractivity contribution in [3.8, 4) is 0 Å². The van der Waals surface area contributed by atoms with Crippen molar-refractivity contribution >= 4 is 28.6 Å². The fourth-order valence-corrected chi connectivity index (χ4v) is 3.63. The number of nitrogens with one attached hydrogen (secondary N) is 1. The van der Waals surface area contributed by atoms with E-state index in [0.717, 1.165) is 24.3 Å². The molecule has 9 heteroatoms. The Morgan fingerprint density at radius 3 is 2.55 bits per heavy atom. The number of hydrogen-bond donors (Lipinski definition) is 2. The van der Waals surface area contributed by atoms with Crippen LogP contribution in [-0.4, -0.2) is 52.9 Å². The second kappa shape index (κ2) is 7.78. The highest BCUT2D eigenvalue weighted by Gasteiger charge is 2.21. The number of carbonyl (C=O) groups excluding carboxylic acids is 2. The van der Waals surface area contributed by atoms with Crippen LogP contribution in [0.3, 0.4) is 0 Å². The molecular weight excluding hydrogens is 374 g/mol. The van der Waals surface area contributed by atoms with Crippen LogP contribution < -0.4 is 16.4 Å². The molecule has 0 radical (unpaired) electrons. The zero-order valence-electron chi connectivity index (χ0n) is 15.8. The van der Waals surface area contributed by atoms with E-state index in [9.17, 15) is 14.4 Å². The fraction of sp³-hybridized carbons (Fsp3) is 0.300. The summed E-state index contributed by atoms with van der Waals surface area (Å²) in [6.45, 7) is 2.84. The number of carbonyl (C=O) groups is 2. The standard InChI is InChI=1S/C20H21N5O4/c21-19(27)15-11-13(12-16-18(15)23-20(28)29-16)1-2-17(26)25-9-7-24(8-10-25)14-3-5-22-6-4-14/h3-6,11-12H,1-2,7-10H2,(H2,21,27)(H,23,28). The summed E-state index contributed by atoms with van der Waals surface area (Å²) in [5.74, 6) is -1.26. The van der Waals surface area contributed by atoms with E-state index in [-0.39, 0.29) is 22.6 Å². The molecule has 0 spiro atoms. The topological polar surface area (TPSA) is 126 Å². The monoisotopic (exact) mass is 395 g/mol. The molecule has 0 saturated carbocycles. The van der Waals surface area contributed by atoms with Crippen LogP contribution in [0.5, 0.6) is 0 Å². The van der Waals surface area contributed by atoms with Gasteiger partial charge in [0.2, 0.25) is 5.91 Å². The highest BCUT2D eigenvalue weighted by Crippen LogP contribution is 2.20. The Labute approximate surface area is 166 Å². The number of piperazine rings is 1. The average molecular weight is 395 g/mol. The molecule has 3 heterocycles. The number of hydrogen-bond acceptors (Lipinski definition) is 6. The van der Waals surface area contributed by atoms with Crippen molar-refractivity contribution in [2.45, 2.75) is 12.8 Å². The van der Waals surface area contributed by atoms with Gasteiger partial charge in [0, 0.05) is 50.7 Å². The maximum Gasteiger partial charge on any atom is 0.417 e. The van der Waals surface area contributed by atoms with Gasteiger partial charge >= 0.3 is 5.76 Å². The SMILES string of the molecule is NC(=O)c1cc(CCC(=O)N2CCN(c3ccncc3)CC2)cc2oc(=O)[nH]c12. The second-order valence-electron chi connectivity index (χ2n) is 6.97. The third-order valence-electron chi connectivity index (χ3n) is 5.14. The predicted molar refractivity (Wildman–Crippen MR) is 107 cm³/mol. The van der Waals surface area contributed by atoms with Crippen LogP contribution in [0.4, 0.5) is 5.69 Å². The van der Waals surface area contributed by atoms with E-state index in [1.54, 1.807) is 24.5 Å². The van der Waals surface area contributed by atoms with E-state index in [1.807, 2.05) is 17.0 Å². The quantitative estimate of drug-likeness (QED) is 0.661. The smallest absolute Gasteiger partial charge is 0.408 e. The summed E-state index contributed by atoms with van der Waals surface area (Å²) in [5, 5.41) is 0. The molecule has 0 unspecified atom stereocenters. The number of amides is 2. The lowest BCUT2D eigenvalue weighted by atomic mass is 10.0. The van der Waals surface area contributed by atoms with Gasteiger partial charge in [-0.15, -0.1) is 0 Å². The number of H-pyrrole nitrogens is 1. The van der Waals surface area contributed by atoms with Crippen molar-refractivity contribution in [1.29, 1.82) is 0 Å². The van der Waals surface area contributed by atoms with Crippen molar-refractivity contribution in [3.05, 3.63) is 58.3 Å². The van der Waals surface area contributed by atoms with Gasteiger partial charge in [-0.1, -0.05) is 0 Å². The Morgan fingerprint density at radius 2 is 1.86 bits per heavy atom. The van der Waals surface area contributed by atoms with Gasteiger partial charge in [-0.2, -0.15) is 0 Å². The number of fused-ring (bicyclic) bond motifs is 1. The van der Waals surface area contributed by atoms with Gasteiger partial charge in [0.15, 0.2) is 5.58 Å². The average Bonchev–Trinajstić information content (AvgIpc) is 3.12. The molecule has 1 saturated heterocycles. The third-order valence-corrected chi connectivity index (χ3v) is 5.14. The van der Waals surface area contributed by atoms with Gasteiger partial charge in [-0.05, 0) is 36.2 Å². The third kappa shape index (κ3) is 3.98. The molecule has 2 aromatic heterocycles. The van der Waals surface area contributed by atoms with Crippen molar-refractivity contribution in [2.24, 2.45) is 5.73 Å². The van der Waals surface area contributed by atoms with Gasteiger partial charge in [-0.3, -0.25) is 19.6 Å². The number of anilines is 1. The van der Waals surface area contributed by atoms with Crippen molar-refractivity contribution in [2.75, 3.05) is 31.1 Å². The first-order chi connectivity index (χ1) is 14.0. The number of pyridine rings is 1. The van der Waals surface area contributed by atoms with Crippen molar-refractivity contribution < 1.29 is 14.0 Å². The van der Waals surface area contributed by atoms with E-state index in [1.165, 1.54) is 0 Å². The van der Waals surface area contributed by atoms with E-state index >= 15 is 0 Å². The Hall–Kier alpha value is -3.62. The van der Waals surface area contributed by atoms with E-state index < -0.39 is 11.7 Å². The first kappa shape index (κ1) is 18.7. The normalized spacial score (nSPS) is 14.3. The molecule has 3 N–H and O–H groups in total. The number of nitrogens with two attached hydrogens (primary N) is 1. The Balaban J connectivity index is 1.39. The largest absolute Gasteiger partial charge is 0.417 e. The second-order valence-corrected chi connectivity index (χ2v) is 6.97. The summed E-state index contributed by atoms with van der Waals surface area (Å²) in [4.78, 5) is 46.3. The van der Waals surface area contributed by atoms with Crippen molar-refractivity contribution in [3.63, 3.8) is 0 Å². The van der Waals surface area contributed by atoms with E-state index in [4.69, 9.17) is 10.2 Å². The molecule has 1 aliphatic rings. The Morgan fingerprint density at radius 1 is 1.14 bits per heavy atom. The van der Waals surface area contributed by atoms with Crippen LogP contribution in [0.2, 0.25) is 0 Å². The molecule has 1 aromatic carbocycles. The number of rotatable bonds is 5. The number of aromatic nitrogens is 2. The van der Waals surface area contributed by atoms with Gasteiger partial charge in [0.25, 0.3) is 5.91 Å². The first-order valence-electron chi connectivity index (χ1n) is 9.39. The summed E-state index contributed by atoms with van der Waals surface area (Å²) in [6.07, 6.45) is 4.25. The lowest BCUT2D eigenvalue weighted by Gasteiger charge is -2.36. The zero-order valence-corrected chi connectivity index (χ0v) is 15.8. The molecule has 1 aliphatic heterocycles. The molecule has 150 valence electrons. The number of aromatic amines is 1. The lowest BCUT2D eigenvalue weighted by molar-refractivity contribution is -0.131. The van der Waals surface area contributed by atoms with Gasteiger partial charge in [-0.25, -0.2) is 4.79 Å². The molecule has 9 nitrogen and oxygen atoms in total. The summed E-state index contributed by atoms with van der Waals surface area (Å²) in [7, 11) is 0. The first-order valence-corrected chi connectivity index (χ1v) is 9.39. The van der Waals surface area contributed by atoms with Gasteiger partial charge in [0.05, 0.1) is 11.1 Å². The molecule has 0 atom stereocenters. The molecule has 0 aliphatic carbocycles. The minimum Gasteiger partial charge on any atom is -0.408 e. The zero-order chi connectivity index (χ0) is 20.4. The predicted octanol–water partition coefficient (Wildman–Crippen LogP) is 0.896. The summed E-state index contributed by atoms with van der Waals surface area (Å²) in [6, 6.07) is 7.19. The van der Waals surface area contributed by atoms with Crippen LogP contribution in [0.1, 0.15) is 22.3 Å². The number of aryl methyl sites for hydroxylation is 1. The van der Waals surface area contributed by atoms with Crippen LogP contribution >= 0.6 is 0 Å². The maximum atomic E-state index is 12.6. The summed E-state index contributed by atoms with van der Waals surface area (Å²) in [5.41, 5.74) is 7.96. The lowest BCUT2D eigenvalue weighted by Crippen LogP contribution is -2.48. The summed E-state index contributed by atoms with van der Waals surface area (Å²) < 4.78 is 5.05. The number of nitrogens with zero attached hydrogens (tertiary/aromatic N) is 3. The summed E-state index contributed by atoms with van der Waals surface area (Å²) >= 11 is 0. The van der Waals surface area contributed by atoms with Crippen LogP contribution in [-0.2, 0) is 11.2 Å². The minimum atomic E-state index is -0.660. The van der Waals surface area contributed by atoms with Gasteiger partial charge in [0.1, 0.15) is 0 Å². The van der Waals surface area contributed by atoms with E-state index in [0.29, 0.717) is 25.9 Å². The maximum absolute atomic E-state index is 12.6. The molecular formula is C20H21N5O4. The number of primary amides is 1. The highest BCUT2D eigenvalue weighted by molar-refractivity contribution is 6.03. The Bertz CT molecular complexity index is 1100. The van der Waals surface area contributed by atoms with Crippen molar-refractivity contribution in [1.82, 2.24) is 14.9 Å². The molecule has 4 rings (SSSR count). The molecule has 0 bridgehead atoms. The minimum absolute atomic E-state index is 0.0515. The molecule has 3 aromatic rings. The number of oxazole rings is 1. The van der Waals surface area contributed by atoms with Crippen LogP contribution in [0, 0.1) is 0 Å². The highest BCUT2D eigenvalue weighted by atomic mass is 16.4.